The van der Waals surface area contributed by atoms with E-state index in [0.29, 0.717) is 35.7 Å². The van der Waals surface area contributed by atoms with Crippen LogP contribution < -0.4 is 4.74 Å². The van der Waals surface area contributed by atoms with Crippen molar-refractivity contribution in [1.82, 2.24) is 9.29 Å². The predicted octanol–water partition coefficient (Wildman–Crippen LogP) is 2.65. The zero-order valence-electron chi connectivity index (χ0n) is 13.7. The number of nitrogens with zero attached hydrogens (tertiary/aromatic N) is 2. The van der Waals surface area contributed by atoms with E-state index in [2.05, 4.69) is 4.98 Å². The second kappa shape index (κ2) is 7.57. The molecule has 0 N–H and O–H groups in total. The van der Waals surface area contributed by atoms with Crippen molar-refractivity contribution < 1.29 is 13.2 Å². The maximum atomic E-state index is 12.9. The van der Waals surface area contributed by atoms with Crippen LogP contribution in [0.15, 0.2) is 47.6 Å². The molecule has 0 saturated heterocycles. The number of benzene rings is 1. The maximum absolute atomic E-state index is 12.9. The molecule has 2 rings (SSSR count). The van der Waals surface area contributed by atoms with Crippen molar-refractivity contribution in [2.45, 2.75) is 25.2 Å². The van der Waals surface area contributed by atoms with Crippen molar-refractivity contribution in [3.63, 3.8) is 0 Å². The third kappa shape index (κ3) is 4.09. The van der Waals surface area contributed by atoms with Crippen molar-refractivity contribution in [2.75, 3.05) is 20.2 Å². The Bertz CT molecular complexity index is 746. The molecule has 0 bridgehead atoms. The summed E-state index contributed by atoms with van der Waals surface area (Å²) in [5.74, 6) is 0.654. The van der Waals surface area contributed by atoms with E-state index in [1.165, 1.54) is 4.31 Å². The zero-order valence-corrected chi connectivity index (χ0v) is 14.5. The van der Waals surface area contributed by atoms with Crippen molar-refractivity contribution >= 4 is 10.0 Å². The van der Waals surface area contributed by atoms with Crippen LogP contribution in [-0.4, -0.2) is 37.9 Å². The molecule has 0 saturated carbocycles. The summed E-state index contributed by atoms with van der Waals surface area (Å²) in [6.45, 7) is 4.50. The number of ether oxygens (including phenoxy) is 1. The van der Waals surface area contributed by atoms with Crippen molar-refractivity contribution in [3.8, 4) is 5.75 Å². The van der Waals surface area contributed by atoms with Crippen LogP contribution in [-0.2, 0) is 16.4 Å². The van der Waals surface area contributed by atoms with E-state index < -0.39 is 10.0 Å². The van der Waals surface area contributed by atoms with Gasteiger partial charge in [-0.3, -0.25) is 4.98 Å². The number of aromatic nitrogens is 1. The molecule has 1 heterocycles. The van der Waals surface area contributed by atoms with Gasteiger partial charge in [0, 0.05) is 25.5 Å². The third-order valence-electron chi connectivity index (χ3n) is 3.75. The SMILES string of the molecule is CCN(CCc1ccncc1)S(=O)(=O)c1ccc(OC)cc1C. The van der Waals surface area contributed by atoms with Gasteiger partial charge in [-0.1, -0.05) is 6.92 Å². The van der Waals surface area contributed by atoms with Gasteiger partial charge in [-0.2, -0.15) is 4.31 Å². The van der Waals surface area contributed by atoms with Crippen LogP contribution in [0.25, 0.3) is 0 Å². The van der Waals surface area contributed by atoms with E-state index in [1.807, 2.05) is 19.1 Å². The van der Waals surface area contributed by atoms with Gasteiger partial charge in [0.25, 0.3) is 0 Å². The molecule has 0 radical (unpaired) electrons. The van der Waals surface area contributed by atoms with Gasteiger partial charge in [-0.15, -0.1) is 0 Å². The molecule has 5 nitrogen and oxygen atoms in total. The first kappa shape index (κ1) is 17.4. The lowest BCUT2D eigenvalue weighted by atomic mass is 10.2. The van der Waals surface area contributed by atoms with Gasteiger partial charge in [0.15, 0.2) is 0 Å². The van der Waals surface area contributed by atoms with Gasteiger partial charge in [-0.05, 0) is 54.8 Å². The lowest BCUT2D eigenvalue weighted by Crippen LogP contribution is -2.33. The highest BCUT2D eigenvalue weighted by molar-refractivity contribution is 7.89. The van der Waals surface area contributed by atoms with Gasteiger partial charge < -0.3 is 4.74 Å². The van der Waals surface area contributed by atoms with E-state index >= 15 is 0 Å². The first-order valence-electron chi connectivity index (χ1n) is 7.52. The molecule has 1 aromatic heterocycles. The molecule has 0 aliphatic carbocycles. The van der Waals surface area contributed by atoms with Crippen molar-refractivity contribution in [3.05, 3.63) is 53.9 Å². The predicted molar refractivity (Wildman–Crippen MR) is 90.1 cm³/mol. The maximum Gasteiger partial charge on any atom is 0.243 e. The summed E-state index contributed by atoms with van der Waals surface area (Å²) < 4.78 is 32.4. The molecule has 0 aliphatic rings. The normalized spacial score (nSPS) is 11.7. The number of methoxy groups -OCH3 is 1. The fraction of sp³-hybridized carbons (Fsp3) is 0.353. The van der Waals surface area contributed by atoms with Crippen LogP contribution >= 0.6 is 0 Å². The molecule has 6 heteroatoms. The van der Waals surface area contributed by atoms with E-state index in [9.17, 15) is 8.42 Å². The summed E-state index contributed by atoms with van der Waals surface area (Å²) in [6, 6.07) is 8.83. The molecule has 0 atom stereocenters. The Morgan fingerprint density at radius 3 is 2.43 bits per heavy atom. The van der Waals surface area contributed by atoms with E-state index in [1.54, 1.807) is 44.6 Å². The van der Waals surface area contributed by atoms with Crippen molar-refractivity contribution in [2.24, 2.45) is 0 Å². The minimum Gasteiger partial charge on any atom is -0.497 e. The van der Waals surface area contributed by atoms with E-state index in [-0.39, 0.29) is 0 Å². The van der Waals surface area contributed by atoms with Gasteiger partial charge in [0.05, 0.1) is 12.0 Å². The number of rotatable bonds is 7. The summed E-state index contributed by atoms with van der Waals surface area (Å²) in [6.07, 6.45) is 4.09. The number of hydrogen-bond donors (Lipinski definition) is 0. The molecule has 0 spiro atoms. The summed E-state index contributed by atoms with van der Waals surface area (Å²) in [5, 5.41) is 0. The Morgan fingerprint density at radius 2 is 1.87 bits per heavy atom. The van der Waals surface area contributed by atoms with Gasteiger partial charge >= 0.3 is 0 Å². The molecular weight excluding hydrogens is 312 g/mol. The Hall–Kier alpha value is -1.92. The monoisotopic (exact) mass is 334 g/mol. The first-order valence-corrected chi connectivity index (χ1v) is 8.96. The fourth-order valence-electron chi connectivity index (χ4n) is 2.43. The highest BCUT2D eigenvalue weighted by Crippen LogP contribution is 2.24. The lowest BCUT2D eigenvalue weighted by Gasteiger charge is -2.21. The Morgan fingerprint density at radius 1 is 1.17 bits per heavy atom. The Balaban J connectivity index is 2.21. The Kier molecular flexibility index (Phi) is 5.74. The second-order valence-electron chi connectivity index (χ2n) is 5.23. The molecule has 23 heavy (non-hydrogen) atoms. The van der Waals surface area contributed by atoms with Gasteiger partial charge in [-0.25, -0.2) is 8.42 Å². The van der Waals surface area contributed by atoms with Crippen LogP contribution in [0.1, 0.15) is 18.1 Å². The molecule has 124 valence electrons. The summed E-state index contributed by atoms with van der Waals surface area (Å²) in [4.78, 5) is 4.30. The average Bonchev–Trinajstić information content (AvgIpc) is 2.55. The molecule has 0 fully saturated rings. The standard InChI is InChI=1S/C17H22N2O3S/c1-4-19(12-9-15-7-10-18-11-8-15)23(20,21)17-6-5-16(22-3)13-14(17)2/h5-8,10-11,13H,4,9,12H2,1-3H3. The topological polar surface area (TPSA) is 59.5 Å². The number of aryl methyl sites for hydroxylation is 1. The number of pyridine rings is 1. The van der Waals surface area contributed by atoms with Gasteiger partial charge in [0.2, 0.25) is 10.0 Å². The quantitative estimate of drug-likeness (QED) is 0.781. The van der Waals surface area contributed by atoms with Crippen LogP contribution in [0.4, 0.5) is 0 Å². The second-order valence-corrected chi connectivity index (χ2v) is 7.14. The molecule has 0 unspecified atom stereocenters. The highest BCUT2D eigenvalue weighted by atomic mass is 32.2. The summed E-state index contributed by atoms with van der Waals surface area (Å²) >= 11 is 0. The fourth-order valence-corrected chi connectivity index (χ4v) is 4.08. The van der Waals surface area contributed by atoms with Crippen LogP contribution in [0, 0.1) is 6.92 Å². The Labute approximate surface area is 138 Å². The number of likely N-dealkylation sites (N-methyl/N-ethyl adjacent to an activating group) is 1. The van der Waals surface area contributed by atoms with Gasteiger partial charge in [0.1, 0.15) is 5.75 Å². The smallest absolute Gasteiger partial charge is 0.243 e. The minimum absolute atomic E-state index is 0.329. The third-order valence-corrected chi connectivity index (χ3v) is 5.89. The van der Waals surface area contributed by atoms with E-state index in [4.69, 9.17) is 4.74 Å². The largest absolute Gasteiger partial charge is 0.497 e. The zero-order chi connectivity index (χ0) is 16.9. The minimum atomic E-state index is -3.51. The average molecular weight is 334 g/mol. The molecule has 0 amide bonds. The molecule has 0 aliphatic heterocycles. The van der Waals surface area contributed by atoms with Crippen LogP contribution in [0.5, 0.6) is 5.75 Å². The summed E-state index contributed by atoms with van der Waals surface area (Å²) in [7, 11) is -1.95. The molecular formula is C17H22N2O3S. The molecule has 1 aromatic carbocycles. The van der Waals surface area contributed by atoms with Crippen LogP contribution in [0.2, 0.25) is 0 Å². The van der Waals surface area contributed by atoms with Crippen molar-refractivity contribution in [1.29, 1.82) is 0 Å². The number of hydrogen-bond acceptors (Lipinski definition) is 4. The lowest BCUT2D eigenvalue weighted by molar-refractivity contribution is 0.413. The highest BCUT2D eigenvalue weighted by Gasteiger charge is 2.24. The molecule has 2 aromatic rings. The summed E-state index contributed by atoms with van der Waals surface area (Å²) in [5.41, 5.74) is 1.76. The van der Waals surface area contributed by atoms with E-state index in [0.717, 1.165) is 5.56 Å². The first-order chi connectivity index (χ1) is 11.0. The van der Waals surface area contributed by atoms with Crippen LogP contribution in [0.3, 0.4) is 0 Å². The number of sulfonamides is 1.